The zero-order valence-corrected chi connectivity index (χ0v) is 15.0. The van der Waals surface area contributed by atoms with E-state index in [2.05, 4.69) is 0 Å². The zero-order chi connectivity index (χ0) is 18.5. The van der Waals surface area contributed by atoms with Crippen LogP contribution >= 0.6 is 0 Å². The molecule has 4 heteroatoms. The minimum atomic E-state index is -0.00851. The molecular weight excluding hydrogens is 328 g/mol. The highest BCUT2D eigenvalue weighted by Crippen LogP contribution is 2.41. The van der Waals surface area contributed by atoms with E-state index in [1.165, 1.54) is 0 Å². The van der Waals surface area contributed by atoms with Crippen molar-refractivity contribution in [2.45, 2.75) is 0 Å². The summed E-state index contributed by atoms with van der Waals surface area (Å²) >= 11 is 0. The molecule has 0 saturated heterocycles. The van der Waals surface area contributed by atoms with E-state index < -0.39 is 0 Å². The molecule has 0 atom stereocenters. The van der Waals surface area contributed by atoms with Gasteiger partial charge in [0.2, 0.25) is 0 Å². The first-order valence-corrected chi connectivity index (χ1v) is 8.18. The van der Waals surface area contributed by atoms with Crippen LogP contribution in [0.1, 0.15) is 15.9 Å². The summed E-state index contributed by atoms with van der Waals surface area (Å²) in [5.41, 5.74) is 3.01. The molecule has 0 spiro atoms. The molecule has 0 radical (unpaired) electrons. The number of carbonyl (C=O) groups excluding carboxylic acids is 1. The lowest BCUT2D eigenvalue weighted by Crippen LogP contribution is -2.01. The summed E-state index contributed by atoms with van der Waals surface area (Å²) in [4.78, 5) is 12.6. The van der Waals surface area contributed by atoms with Crippen molar-refractivity contribution in [3.05, 3.63) is 77.9 Å². The van der Waals surface area contributed by atoms with Gasteiger partial charge in [-0.25, -0.2) is 0 Å². The largest absolute Gasteiger partial charge is 0.496 e. The first-order chi connectivity index (χ1) is 12.7. The maximum atomic E-state index is 12.6. The Bertz CT molecular complexity index is 874. The zero-order valence-electron chi connectivity index (χ0n) is 15.0. The standard InChI is InChI=1S/C22H20O4/c1-24-18-13-19(25-2)21(20(14-18)26-3)15-9-11-17(12-10-15)22(23)16-7-5-4-6-8-16/h4-14H,1-3H3. The predicted octanol–water partition coefficient (Wildman–Crippen LogP) is 4.61. The molecule has 0 N–H and O–H groups in total. The smallest absolute Gasteiger partial charge is 0.193 e. The van der Waals surface area contributed by atoms with Crippen LogP contribution in [-0.4, -0.2) is 27.1 Å². The maximum Gasteiger partial charge on any atom is 0.193 e. The van der Waals surface area contributed by atoms with Gasteiger partial charge in [-0.2, -0.15) is 0 Å². The Balaban J connectivity index is 2.00. The fraction of sp³-hybridized carbons (Fsp3) is 0.136. The summed E-state index contributed by atoms with van der Waals surface area (Å²) < 4.78 is 16.3. The Labute approximate surface area is 153 Å². The fourth-order valence-corrected chi connectivity index (χ4v) is 2.83. The summed E-state index contributed by atoms with van der Waals surface area (Å²) in [7, 11) is 4.80. The summed E-state index contributed by atoms with van der Waals surface area (Å²) in [5, 5.41) is 0. The fourth-order valence-electron chi connectivity index (χ4n) is 2.83. The minimum absolute atomic E-state index is 0.00851. The Morgan fingerprint density at radius 3 is 1.73 bits per heavy atom. The number of benzene rings is 3. The molecule has 0 heterocycles. The molecule has 3 rings (SSSR count). The highest BCUT2D eigenvalue weighted by Gasteiger charge is 2.16. The van der Waals surface area contributed by atoms with Crippen LogP contribution in [0.15, 0.2) is 66.7 Å². The van der Waals surface area contributed by atoms with Crippen molar-refractivity contribution in [2.24, 2.45) is 0 Å². The summed E-state index contributed by atoms with van der Waals surface area (Å²) in [6, 6.07) is 20.2. The van der Waals surface area contributed by atoms with Crippen LogP contribution < -0.4 is 14.2 Å². The van der Waals surface area contributed by atoms with E-state index in [9.17, 15) is 4.79 Å². The number of rotatable bonds is 6. The van der Waals surface area contributed by atoms with Gasteiger partial charge in [0.15, 0.2) is 5.78 Å². The second-order valence-corrected chi connectivity index (χ2v) is 5.68. The SMILES string of the molecule is COc1cc(OC)c(-c2ccc(C(=O)c3ccccc3)cc2)c(OC)c1. The molecule has 0 aliphatic carbocycles. The number of ether oxygens (including phenoxy) is 3. The van der Waals surface area contributed by atoms with Gasteiger partial charge in [0.05, 0.1) is 26.9 Å². The van der Waals surface area contributed by atoms with Crippen LogP contribution in [0.3, 0.4) is 0 Å². The lowest BCUT2D eigenvalue weighted by atomic mass is 9.98. The van der Waals surface area contributed by atoms with Gasteiger partial charge in [0.1, 0.15) is 17.2 Å². The van der Waals surface area contributed by atoms with Crippen molar-refractivity contribution in [3.8, 4) is 28.4 Å². The van der Waals surface area contributed by atoms with E-state index >= 15 is 0 Å². The van der Waals surface area contributed by atoms with Crippen molar-refractivity contribution in [1.82, 2.24) is 0 Å². The van der Waals surface area contributed by atoms with Crippen LogP contribution in [0.25, 0.3) is 11.1 Å². The van der Waals surface area contributed by atoms with Gasteiger partial charge >= 0.3 is 0 Å². The topological polar surface area (TPSA) is 44.8 Å². The molecule has 0 aliphatic rings. The lowest BCUT2D eigenvalue weighted by Gasteiger charge is -2.15. The number of carbonyl (C=O) groups is 1. The molecule has 0 saturated carbocycles. The van der Waals surface area contributed by atoms with Crippen LogP contribution in [0.5, 0.6) is 17.2 Å². The summed E-state index contributed by atoms with van der Waals surface area (Å²) in [6.45, 7) is 0. The molecule has 0 aromatic heterocycles. The average Bonchev–Trinajstić information content (AvgIpc) is 2.72. The molecule has 0 bridgehead atoms. The quantitative estimate of drug-likeness (QED) is 0.610. The van der Waals surface area contributed by atoms with E-state index in [4.69, 9.17) is 14.2 Å². The van der Waals surface area contributed by atoms with Gasteiger partial charge in [0, 0.05) is 23.3 Å². The maximum absolute atomic E-state index is 12.6. The molecule has 0 aliphatic heterocycles. The first kappa shape index (κ1) is 17.5. The van der Waals surface area contributed by atoms with Gasteiger partial charge in [-0.1, -0.05) is 54.6 Å². The van der Waals surface area contributed by atoms with Crippen molar-refractivity contribution in [2.75, 3.05) is 21.3 Å². The van der Waals surface area contributed by atoms with Gasteiger partial charge in [-0.05, 0) is 5.56 Å². The molecule has 3 aromatic carbocycles. The highest BCUT2D eigenvalue weighted by atomic mass is 16.5. The van der Waals surface area contributed by atoms with Gasteiger partial charge in [-0.15, -0.1) is 0 Å². The molecule has 0 fully saturated rings. The molecule has 0 unspecified atom stereocenters. The van der Waals surface area contributed by atoms with Crippen LogP contribution in [-0.2, 0) is 0 Å². The molecular formula is C22H20O4. The second-order valence-electron chi connectivity index (χ2n) is 5.68. The third-order valence-corrected chi connectivity index (χ3v) is 4.19. The molecule has 26 heavy (non-hydrogen) atoms. The third-order valence-electron chi connectivity index (χ3n) is 4.19. The van der Waals surface area contributed by atoms with E-state index in [0.717, 1.165) is 11.1 Å². The Hall–Kier alpha value is -3.27. The first-order valence-electron chi connectivity index (χ1n) is 8.18. The van der Waals surface area contributed by atoms with Crippen molar-refractivity contribution in [3.63, 3.8) is 0 Å². The summed E-state index contributed by atoms with van der Waals surface area (Å²) in [5.74, 6) is 1.93. The Morgan fingerprint density at radius 2 is 1.23 bits per heavy atom. The Morgan fingerprint density at radius 1 is 0.692 bits per heavy atom. The second kappa shape index (κ2) is 7.74. The van der Waals surface area contributed by atoms with Crippen molar-refractivity contribution >= 4 is 5.78 Å². The van der Waals surface area contributed by atoms with Crippen molar-refractivity contribution in [1.29, 1.82) is 0 Å². The van der Waals surface area contributed by atoms with Crippen LogP contribution in [0.4, 0.5) is 0 Å². The van der Waals surface area contributed by atoms with Gasteiger partial charge < -0.3 is 14.2 Å². The monoisotopic (exact) mass is 348 g/mol. The minimum Gasteiger partial charge on any atom is -0.496 e. The van der Waals surface area contributed by atoms with E-state index in [1.54, 1.807) is 33.5 Å². The molecule has 132 valence electrons. The predicted molar refractivity (Wildman–Crippen MR) is 101 cm³/mol. The van der Waals surface area contributed by atoms with Crippen molar-refractivity contribution < 1.29 is 19.0 Å². The van der Waals surface area contributed by atoms with E-state index in [1.807, 2.05) is 54.6 Å². The number of hydrogen-bond acceptors (Lipinski definition) is 4. The van der Waals surface area contributed by atoms with Gasteiger partial charge in [-0.3, -0.25) is 4.79 Å². The van der Waals surface area contributed by atoms with Gasteiger partial charge in [0.25, 0.3) is 0 Å². The Kier molecular flexibility index (Phi) is 5.23. The van der Waals surface area contributed by atoms with E-state index in [-0.39, 0.29) is 5.78 Å². The van der Waals surface area contributed by atoms with Crippen LogP contribution in [0, 0.1) is 0 Å². The highest BCUT2D eigenvalue weighted by molar-refractivity contribution is 6.09. The third kappa shape index (κ3) is 3.40. The summed E-state index contributed by atoms with van der Waals surface area (Å²) in [6.07, 6.45) is 0. The number of ketones is 1. The normalized spacial score (nSPS) is 10.3. The molecule has 4 nitrogen and oxygen atoms in total. The molecule has 3 aromatic rings. The van der Waals surface area contributed by atoms with Crippen LogP contribution in [0.2, 0.25) is 0 Å². The van der Waals surface area contributed by atoms with E-state index in [0.29, 0.717) is 28.4 Å². The number of methoxy groups -OCH3 is 3. The number of hydrogen-bond donors (Lipinski definition) is 0. The average molecular weight is 348 g/mol. The molecule has 0 amide bonds. The lowest BCUT2D eigenvalue weighted by molar-refractivity contribution is 0.103.